The van der Waals surface area contributed by atoms with E-state index in [9.17, 15) is 9.59 Å². The monoisotopic (exact) mass is 250 g/mol. The summed E-state index contributed by atoms with van der Waals surface area (Å²) in [4.78, 5) is 22.8. The summed E-state index contributed by atoms with van der Waals surface area (Å²) in [5.41, 5.74) is 1.16. The Balaban J connectivity index is 2.59. The number of rotatable bonds is 5. The Kier molecular flexibility index (Phi) is 5.32. The summed E-state index contributed by atoms with van der Waals surface area (Å²) in [6.45, 7) is 3.77. The quantitative estimate of drug-likeness (QED) is 0.786. The highest BCUT2D eigenvalue weighted by Gasteiger charge is 2.07. The summed E-state index contributed by atoms with van der Waals surface area (Å²) in [5.74, 6) is -0.0354. The third-order valence-electron chi connectivity index (χ3n) is 2.32. The summed E-state index contributed by atoms with van der Waals surface area (Å²) >= 11 is 0. The van der Waals surface area contributed by atoms with Crippen molar-refractivity contribution in [3.63, 3.8) is 0 Å². The normalized spacial score (nSPS) is 11.7. The first-order chi connectivity index (χ1) is 8.52. The van der Waals surface area contributed by atoms with Crippen molar-refractivity contribution in [1.29, 1.82) is 0 Å². The Bertz CT molecular complexity index is 432. The molecule has 1 rings (SSSR count). The molecule has 1 aromatic rings. The highest BCUT2D eigenvalue weighted by Crippen LogP contribution is 2.10. The van der Waals surface area contributed by atoms with E-state index in [-0.39, 0.29) is 17.9 Å². The zero-order chi connectivity index (χ0) is 13.5. The molecule has 0 aliphatic heterocycles. The number of urea groups is 1. The summed E-state index contributed by atoms with van der Waals surface area (Å²) in [6, 6.07) is 6.41. The molecular formula is C13H18N2O3. The van der Waals surface area contributed by atoms with E-state index in [0.717, 1.165) is 0 Å². The number of carbonyl (C=O) groups is 2. The van der Waals surface area contributed by atoms with Gasteiger partial charge in [-0.25, -0.2) is 4.79 Å². The van der Waals surface area contributed by atoms with Crippen LogP contribution in [0.2, 0.25) is 0 Å². The van der Waals surface area contributed by atoms with Crippen molar-refractivity contribution in [2.75, 3.05) is 19.0 Å². The standard InChI is InChI=1S/C13H18N2O3/c1-9(8-18-3)14-13(17)15-12-6-4-5-11(7-12)10(2)16/h4-7,9H,8H2,1-3H3,(H2,14,15,17)/t9-/m1/s1. The van der Waals surface area contributed by atoms with Gasteiger partial charge in [0.05, 0.1) is 12.6 Å². The minimum Gasteiger partial charge on any atom is -0.383 e. The first kappa shape index (κ1) is 14.2. The number of carbonyl (C=O) groups excluding carboxylic acids is 2. The van der Waals surface area contributed by atoms with Crippen molar-refractivity contribution in [2.45, 2.75) is 19.9 Å². The van der Waals surface area contributed by atoms with E-state index in [1.807, 2.05) is 6.92 Å². The van der Waals surface area contributed by atoms with Crippen molar-refractivity contribution in [3.05, 3.63) is 29.8 Å². The molecule has 0 aliphatic carbocycles. The van der Waals surface area contributed by atoms with Gasteiger partial charge >= 0.3 is 6.03 Å². The van der Waals surface area contributed by atoms with Crippen molar-refractivity contribution < 1.29 is 14.3 Å². The Morgan fingerprint density at radius 3 is 2.72 bits per heavy atom. The molecule has 18 heavy (non-hydrogen) atoms. The van der Waals surface area contributed by atoms with Gasteiger partial charge < -0.3 is 15.4 Å². The van der Waals surface area contributed by atoms with Gasteiger partial charge in [-0.3, -0.25) is 4.79 Å². The number of ether oxygens (including phenoxy) is 1. The van der Waals surface area contributed by atoms with E-state index in [1.165, 1.54) is 6.92 Å². The maximum absolute atomic E-state index is 11.6. The number of anilines is 1. The smallest absolute Gasteiger partial charge is 0.319 e. The second kappa shape index (κ2) is 6.76. The van der Waals surface area contributed by atoms with Crippen molar-refractivity contribution in [2.24, 2.45) is 0 Å². The third kappa shape index (κ3) is 4.55. The van der Waals surface area contributed by atoms with Crippen LogP contribution in [0.25, 0.3) is 0 Å². The summed E-state index contributed by atoms with van der Waals surface area (Å²) in [7, 11) is 1.58. The molecule has 0 aliphatic rings. The SMILES string of the molecule is COC[C@@H](C)NC(=O)Nc1cccc(C(C)=O)c1. The van der Waals surface area contributed by atoms with Gasteiger partial charge in [0.15, 0.2) is 5.78 Å². The fourth-order valence-electron chi connectivity index (χ4n) is 1.50. The highest BCUT2D eigenvalue weighted by atomic mass is 16.5. The van der Waals surface area contributed by atoms with Gasteiger partial charge in [0.2, 0.25) is 0 Å². The summed E-state index contributed by atoms with van der Waals surface area (Å²) in [5, 5.41) is 5.39. The Hall–Kier alpha value is -1.88. The second-order valence-electron chi connectivity index (χ2n) is 4.09. The van der Waals surface area contributed by atoms with Crippen molar-refractivity contribution in [1.82, 2.24) is 5.32 Å². The fraction of sp³-hybridized carbons (Fsp3) is 0.385. The lowest BCUT2D eigenvalue weighted by Gasteiger charge is -2.13. The minimum absolute atomic E-state index is 0.0354. The third-order valence-corrected chi connectivity index (χ3v) is 2.32. The Morgan fingerprint density at radius 2 is 2.11 bits per heavy atom. The number of amides is 2. The van der Waals surface area contributed by atoms with Crippen LogP contribution in [0.3, 0.4) is 0 Å². The van der Waals surface area contributed by atoms with Gasteiger partial charge in [-0.05, 0) is 26.0 Å². The molecule has 1 atom stereocenters. The second-order valence-corrected chi connectivity index (χ2v) is 4.09. The molecule has 5 nitrogen and oxygen atoms in total. The van der Waals surface area contributed by atoms with Gasteiger partial charge in [0.1, 0.15) is 0 Å². The molecule has 0 fully saturated rings. The zero-order valence-corrected chi connectivity index (χ0v) is 10.8. The molecule has 0 heterocycles. The van der Waals surface area contributed by atoms with E-state index in [2.05, 4.69) is 10.6 Å². The van der Waals surface area contributed by atoms with Crippen LogP contribution in [0, 0.1) is 0 Å². The number of ketones is 1. The molecule has 0 spiro atoms. The molecule has 0 unspecified atom stereocenters. The minimum atomic E-state index is -0.319. The van der Waals surface area contributed by atoms with Gasteiger partial charge in [0.25, 0.3) is 0 Å². The number of benzene rings is 1. The van der Waals surface area contributed by atoms with Crippen LogP contribution < -0.4 is 10.6 Å². The Labute approximate surface area is 107 Å². The molecule has 2 amide bonds. The van der Waals surface area contributed by atoms with Crippen LogP contribution in [-0.4, -0.2) is 31.6 Å². The topological polar surface area (TPSA) is 67.4 Å². The molecule has 0 saturated carbocycles. The van der Waals surface area contributed by atoms with E-state index in [1.54, 1.807) is 31.4 Å². The van der Waals surface area contributed by atoms with Crippen molar-refractivity contribution in [3.8, 4) is 0 Å². The largest absolute Gasteiger partial charge is 0.383 e. The predicted molar refractivity (Wildman–Crippen MR) is 69.9 cm³/mol. The van der Waals surface area contributed by atoms with Crippen molar-refractivity contribution >= 4 is 17.5 Å². The van der Waals surface area contributed by atoms with E-state index >= 15 is 0 Å². The van der Waals surface area contributed by atoms with Crippen LogP contribution >= 0.6 is 0 Å². The summed E-state index contributed by atoms with van der Waals surface area (Å²) < 4.78 is 4.92. The van der Waals surface area contributed by atoms with Gasteiger partial charge in [-0.1, -0.05) is 12.1 Å². The summed E-state index contributed by atoms with van der Waals surface area (Å²) in [6.07, 6.45) is 0. The number of hydrogen-bond donors (Lipinski definition) is 2. The van der Waals surface area contributed by atoms with E-state index in [0.29, 0.717) is 17.9 Å². The lowest BCUT2D eigenvalue weighted by atomic mass is 10.1. The molecule has 0 saturated heterocycles. The van der Waals surface area contributed by atoms with Crippen LogP contribution in [-0.2, 0) is 4.74 Å². The number of Topliss-reactive ketones (excluding diaryl/α,β-unsaturated/α-hetero) is 1. The van der Waals surface area contributed by atoms with Crippen LogP contribution in [0.15, 0.2) is 24.3 Å². The molecule has 1 aromatic carbocycles. The van der Waals surface area contributed by atoms with Gasteiger partial charge in [0, 0.05) is 18.4 Å². The number of nitrogens with one attached hydrogen (secondary N) is 2. The van der Waals surface area contributed by atoms with E-state index in [4.69, 9.17) is 4.74 Å². The highest BCUT2D eigenvalue weighted by molar-refractivity contribution is 5.96. The van der Waals surface area contributed by atoms with Gasteiger partial charge in [-0.15, -0.1) is 0 Å². The number of hydrogen-bond acceptors (Lipinski definition) is 3. The van der Waals surface area contributed by atoms with Gasteiger partial charge in [-0.2, -0.15) is 0 Å². The molecule has 0 bridgehead atoms. The lowest BCUT2D eigenvalue weighted by Crippen LogP contribution is -2.38. The molecule has 5 heteroatoms. The maximum atomic E-state index is 11.6. The average Bonchev–Trinajstić information content (AvgIpc) is 2.29. The molecule has 0 radical (unpaired) electrons. The first-order valence-corrected chi connectivity index (χ1v) is 5.70. The van der Waals surface area contributed by atoms with Crippen LogP contribution in [0.4, 0.5) is 10.5 Å². The molecule has 98 valence electrons. The molecule has 2 N–H and O–H groups in total. The molecular weight excluding hydrogens is 232 g/mol. The average molecular weight is 250 g/mol. The first-order valence-electron chi connectivity index (χ1n) is 5.70. The van der Waals surface area contributed by atoms with Crippen LogP contribution in [0.5, 0.6) is 0 Å². The number of methoxy groups -OCH3 is 1. The maximum Gasteiger partial charge on any atom is 0.319 e. The van der Waals surface area contributed by atoms with Crippen LogP contribution in [0.1, 0.15) is 24.2 Å². The lowest BCUT2D eigenvalue weighted by molar-refractivity contribution is 0.101. The Morgan fingerprint density at radius 1 is 1.39 bits per heavy atom. The van der Waals surface area contributed by atoms with E-state index < -0.39 is 0 Å². The zero-order valence-electron chi connectivity index (χ0n) is 10.8. The molecule has 0 aromatic heterocycles. The predicted octanol–water partition coefficient (Wildman–Crippen LogP) is 2.05. The fourth-order valence-corrected chi connectivity index (χ4v) is 1.50.